The quantitative estimate of drug-likeness (QED) is 0.0441. The van der Waals surface area contributed by atoms with E-state index >= 15 is 0 Å². The van der Waals surface area contributed by atoms with Crippen LogP contribution in [-0.4, -0.2) is 0 Å². The van der Waals surface area contributed by atoms with E-state index in [1.54, 1.807) is 61.9 Å². The molecule has 0 saturated heterocycles. The Morgan fingerprint density at radius 1 is 0.393 bits per heavy atom. The van der Waals surface area contributed by atoms with Gasteiger partial charge in [-0.15, -0.1) is 45.3 Å². The van der Waals surface area contributed by atoms with Crippen LogP contribution >= 0.6 is 45.3 Å². The van der Waals surface area contributed by atoms with Crippen LogP contribution in [0.4, 0.5) is 0 Å². The van der Waals surface area contributed by atoms with Gasteiger partial charge in [0.25, 0.3) is 0 Å². The van der Waals surface area contributed by atoms with Gasteiger partial charge >= 0.3 is 0 Å². The first-order chi connectivity index (χ1) is 27.6. The molecule has 0 aliphatic heterocycles. The largest absolute Gasteiger partial charge is 0.143 e. The van der Waals surface area contributed by atoms with Crippen molar-refractivity contribution in [2.45, 2.75) is 218 Å². The van der Waals surface area contributed by atoms with Crippen molar-refractivity contribution in [1.29, 1.82) is 0 Å². The molecule has 306 valence electrons. The summed E-state index contributed by atoms with van der Waals surface area (Å²) in [6.45, 7) is 9.41. The zero-order chi connectivity index (χ0) is 38.8. The Bertz CT molecular complexity index is 1770. The summed E-state index contributed by atoms with van der Waals surface area (Å²) in [5.74, 6) is 0. The van der Waals surface area contributed by atoms with Crippen molar-refractivity contribution in [1.82, 2.24) is 0 Å². The molecule has 0 bridgehead atoms. The van der Waals surface area contributed by atoms with Gasteiger partial charge in [-0.3, -0.25) is 0 Å². The van der Waals surface area contributed by atoms with Crippen LogP contribution in [0.2, 0.25) is 0 Å². The highest BCUT2D eigenvalue weighted by molar-refractivity contribution is 7.30. The van der Waals surface area contributed by atoms with Crippen LogP contribution < -0.4 is 0 Å². The SMILES string of the molecule is CCCCCCCCC1(CCCCCCCC)c2cc3c(cc2-c2sc4ccsc4c21)C(CCCCCCCC)(CCCCCCCC)c1c-3sc2ccsc12. The number of hydrogen-bond donors (Lipinski definition) is 0. The summed E-state index contributed by atoms with van der Waals surface area (Å²) < 4.78 is 6.35. The Kier molecular flexibility index (Phi) is 15.8. The monoisotopic (exact) mass is 826 g/mol. The fraction of sp³-hybridized carbons (Fsp3) is 0.654. The van der Waals surface area contributed by atoms with Crippen molar-refractivity contribution in [2.75, 3.05) is 0 Å². The van der Waals surface area contributed by atoms with Crippen LogP contribution in [-0.2, 0) is 10.8 Å². The van der Waals surface area contributed by atoms with Crippen molar-refractivity contribution in [3.8, 4) is 20.9 Å². The Morgan fingerprint density at radius 2 is 0.696 bits per heavy atom. The first-order valence-corrected chi connectivity index (χ1v) is 27.2. The molecule has 0 N–H and O–H groups in total. The third-order valence-electron chi connectivity index (χ3n) is 14.1. The fourth-order valence-corrected chi connectivity index (χ4v) is 16.2. The Labute approximate surface area is 358 Å². The van der Waals surface area contributed by atoms with E-state index in [1.807, 2.05) is 22.7 Å². The molecule has 7 rings (SSSR count). The summed E-state index contributed by atoms with van der Waals surface area (Å²) in [5.41, 5.74) is 10.6. The lowest BCUT2D eigenvalue weighted by Gasteiger charge is -2.35. The first-order valence-electron chi connectivity index (χ1n) is 23.8. The fourth-order valence-electron chi connectivity index (χ4n) is 11.1. The van der Waals surface area contributed by atoms with Crippen LogP contribution in [0.5, 0.6) is 0 Å². The zero-order valence-corrected chi connectivity index (χ0v) is 39.2. The number of rotatable bonds is 28. The van der Waals surface area contributed by atoms with E-state index in [9.17, 15) is 0 Å². The minimum atomic E-state index is 0.150. The average Bonchev–Trinajstić information content (AvgIpc) is 4.05. The average molecular weight is 827 g/mol. The van der Waals surface area contributed by atoms with Crippen LogP contribution in [0.25, 0.3) is 39.7 Å². The maximum Gasteiger partial charge on any atom is 0.0498 e. The highest BCUT2D eigenvalue weighted by Gasteiger charge is 2.50. The molecule has 56 heavy (non-hydrogen) atoms. The third kappa shape index (κ3) is 8.72. The van der Waals surface area contributed by atoms with Gasteiger partial charge in [0.15, 0.2) is 0 Å². The molecule has 2 aliphatic carbocycles. The van der Waals surface area contributed by atoms with Crippen LogP contribution in [0.15, 0.2) is 35.0 Å². The smallest absolute Gasteiger partial charge is 0.0498 e. The highest BCUT2D eigenvalue weighted by Crippen LogP contribution is 2.66. The van der Waals surface area contributed by atoms with Crippen LogP contribution in [0.3, 0.4) is 0 Å². The molecular weight excluding hydrogens is 753 g/mol. The second-order valence-corrected chi connectivity index (χ2v) is 22.0. The lowest BCUT2D eigenvalue weighted by Crippen LogP contribution is -2.27. The summed E-state index contributed by atoms with van der Waals surface area (Å²) >= 11 is 8.39. The number of fused-ring (bicyclic) bond motifs is 10. The van der Waals surface area contributed by atoms with Gasteiger partial charge in [-0.05, 0) is 94.1 Å². The Balaban J connectivity index is 1.33. The molecule has 0 fully saturated rings. The van der Waals surface area contributed by atoms with Gasteiger partial charge in [0.2, 0.25) is 0 Å². The molecule has 5 aromatic rings. The number of unbranched alkanes of at least 4 members (excludes halogenated alkanes) is 20. The topological polar surface area (TPSA) is 0 Å². The standard InChI is InChI=1S/C52H74S4/c1-5-9-13-17-21-25-31-51(32-26-22-18-14-10-6-2)41-37-40-42(38-39(41)47-45(51)49-43(55-47)29-35-53-49)52(33-27-23-19-15-11-7-3,34-28-24-20-16-12-8-4)46-48(40)56-44-30-36-54-50(44)46/h29-30,35-38H,5-28,31-34H2,1-4H3. The predicted octanol–water partition coefficient (Wildman–Crippen LogP) is 19.8. The van der Waals surface area contributed by atoms with Gasteiger partial charge in [-0.2, -0.15) is 0 Å². The maximum atomic E-state index is 2.87. The minimum Gasteiger partial charge on any atom is -0.143 e. The second kappa shape index (κ2) is 20.7. The van der Waals surface area contributed by atoms with Crippen molar-refractivity contribution in [3.05, 3.63) is 57.3 Å². The van der Waals surface area contributed by atoms with E-state index in [-0.39, 0.29) is 10.8 Å². The molecule has 0 saturated carbocycles. The van der Waals surface area contributed by atoms with Crippen molar-refractivity contribution in [3.63, 3.8) is 0 Å². The Hall–Kier alpha value is -1.46. The molecule has 4 heterocycles. The van der Waals surface area contributed by atoms with Gasteiger partial charge in [-0.25, -0.2) is 0 Å². The second-order valence-electron chi connectivity index (χ2n) is 18.0. The van der Waals surface area contributed by atoms with E-state index < -0.39 is 0 Å². The molecule has 0 radical (unpaired) electrons. The molecule has 0 nitrogen and oxygen atoms in total. The summed E-state index contributed by atoms with van der Waals surface area (Å²) in [5, 5.41) is 4.78. The molecule has 0 unspecified atom stereocenters. The van der Waals surface area contributed by atoms with E-state index in [4.69, 9.17) is 0 Å². The van der Waals surface area contributed by atoms with Crippen LogP contribution in [0.1, 0.15) is 230 Å². The maximum absolute atomic E-state index is 2.87. The summed E-state index contributed by atoms with van der Waals surface area (Å²) in [6, 6.07) is 10.6. The van der Waals surface area contributed by atoms with E-state index in [0.717, 1.165) is 0 Å². The third-order valence-corrected chi connectivity index (χ3v) is 18.6. The number of hydrogen-bond acceptors (Lipinski definition) is 4. The molecule has 0 amide bonds. The number of benzene rings is 1. The molecule has 4 heteroatoms. The van der Waals surface area contributed by atoms with Crippen molar-refractivity contribution >= 4 is 64.1 Å². The van der Waals surface area contributed by atoms with Gasteiger partial charge in [0.1, 0.15) is 0 Å². The molecule has 0 atom stereocenters. The van der Waals surface area contributed by atoms with E-state index in [0.29, 0.717) is 0 Å². The molecular formula is C52H74S4. The zero-order valence-electron chi connectivity index (χ0n) is 35.9. The summed E-state index contributed by atoms with van der Waals surface area (Å²) in [6.07, 6.45) is 38.4. The van der Waals surface area contributed by atoms with E-state index in [2.05, 4.69) is 85.4 Å². The molecule has 2 aliphatic rings. The molecule has 0 spiro atoms. The molecule has 4 aromatic heterocycles. The Morgan fingerprint density at radius 3 is 1.02 bits per heavy atom. The predicted molar refractivity (Wildman–Crippen MR) is 257 cm³/mol. The van der Waals surface area contributed by atoms with Crippen molar-refractivity contribution < 1.29 is 0 Å². The van der Waals surface area contributed by atoms with Gasteiger partial charge in [0.05, 0.1) is 0 Å². The lowest BCUT2D eigenvalue weighted by atomic mass is 9.68. The molecule has 1 aromatic carbocycles. The minimum absolute atomic E-state index is 0.150. The number of thiophene rings is 4. The van der Waals surface area contributed by atoms with Gasteiger partial charge < -0.3 is 0 Å². The lowest BCUT2D eigenvalue weighted by molar-refractivity contribution is 0.397. The summed E-state index contributed by atoms with van der Waals surface area (Å²) in [4.78, 5) is 3.32. The highest BCUT2D eigenvalue weighted by atomic mass is 32.1. The first kappa shape index (κ1) is 42.7. The van der Waals surface area contributed by atoms with Crippen molar-refractivity contribution in [2.24, 2.45) is 0 Å². The summed E-state index contributed by atoms with van der Waals surface area (Å²) in [7, 11) is 0. The van der Waals surface area contributed by atoms with E-state index in [1.165, 1.54) is 180 Å². The van der Waals surface area contributed by atoms with Gasteiger partial charge in [0, 0.05) is 39.4 Å². The van der Waals surface area contributed by atoms with Gasteiger partial charge in [-0.1, -0.05) is 182 Å². The van der Waals surface area contributed by atoms with Crippen LogP contribution in [0, 0.1) is 0 Å². The normalized spacial score (nSPS) is 14.9.